The molecule has 0 atom stereocenters. The van der Waals surface area contributed by atoms with Crippen molar-refractivity contribution >= 4 is 42.5 Å². The van der Waals surface area contributed by atoms with Crippen molar-refractivity contribution < 1.29 is 29.5 Å². The van der Waals surface area contributed by atoms with Crippen LogP contribution in [-0.4, -0.2) is 59.7 Å². The predicted molar refractivity (Wildman–Crippen MR) is 34.6 cm³/mol. The van der Waals surface area contributed by atoms with Crippen LogP contribution in [0.5, 0.6) is 0 Å². The third-order valence-corrected chi connectivity index (χ3v) is 0. The molecule has 0 amide bonds. The second-order valence-corrected chi connectivity index (χ2v) is 1.78. The molecule has 0 saturated heterocycles. The fourth-order valence-corrected chi connectivity index (χ4v) is 0. The molecule has 0 rings (SSSR count). The quantitative estimate of drug-likeness (QED) is 0.158. The van der Waals surface area contributed by atoms with Gasteiger partial charge >= 0.3 is 42.5 Å². The summed E-state index contributed by atoms with van der Waals surface area (Å²) in [6, 6.07) is 0. The fraction of sp³-hybridized carbons (Fsp3) is 0. The molecule has 0 heterocycles. The molecule has 0 unspecified atom stereocenters. The molecule has 56 valence electrons. The molecule has 0 aliphatic heterocycles. The maximum Gasteiger partial charge on any atom is 3.00 e. The number of hydrogen-bond acceptors (Lipinski definition) is 3. The van der Waals surface area contributed by atoms with Crippen molar-refractivity contribution in [3.63, 3.8) is 0 Å². The topological polar surface area (TPSA) is 141 Å². The minimum Gasteiger partial charge on any atom is -0.328 e. The standard InChI is InChI=1S/2Al.HNO3.H3O4P/c;;2-1(3)4;1-5(2,3)4/h;;(H,2,3,4);(H3,1,2,3,4)/q2*+3;;. The van der Waals surface area contributed by atoms with E-state index in [-0.39, 0.29) is 34.7 Å². The summed E-state index contributed by atoms with van der Waals surface area (Å²) < 4.78 is 8.88. The number of phosphoric acid groups is 1. The monoisotopic (exact) mass is 215 g/mol. The van der Waals surface area contributed by atoms with E-state index in [1.54, 1.807) is 0 Å². The van der Waals surface area contributed by atoms with Crippen LogP contribution in [0, 0.1) is 10.1 Å². The maximum absolute atomic E-state index is 8.88. The van der Waals surface area contributed by atoms with E-state index in [4.69, 9.17) is 34.6 Å². The van der Waals surface area contributed by atoms with Crippen LogP contribution in [0.25, 0.3) is 0 Å². The van der Waals surface area contributed by atoms with Crippen molar-refractivity contribution in [2.45, 2.75) is 0 Å². The number of rotatable bonds is 0. The smallest absolute Gasteiger partial charge is 0.328 e. The molecule has 4 N–H and O–H groups in total. The van der Waals surface area contributed by atoms with Gasteiger partial charge in [-0.1, -0.05) is 0 Å². The van der Waals surface area contributed by atoms with E-state index < -0.39 is 12.9 Å². The largest absolute Gasteiger partial charge is 3.00 e. The molecule has 0 bridgehead atoms. The van der Waals surface area contributed by atoms with Crippen molar-refractivity contribution in [1.29, 1.82) is 0 Å². The van der Waals surface area contributed by atoms with Gasteiger partial charge in [0.2, 0.25) is 0 Å². The Morgan fingerprint density at radius 3 is 1.18 bits per heavy atom. The van der Waals surface area contributed by atoms with E-state index in [0.29, 0.717) is 0 Å². The Balaban J connectivity index is -0.0000000383. The second kappa shape index (κ2) is 10.4. The Bertz CT molecular complexity index is 116. The van der Waals surface area contributed by atoms with Gasteiger partial charge in [0.05, 0.1) is 0 Å². The summed E-state index contributed by atoms with van der Waals surface area (Å²) in [5.74, 6) is 0. The predicted octanol–water partition coefficient (Wildman–Crippen LogP) is -2.04. The average molecular weight is 215 g/mol. The van der Waals surface area contributed by atoms with Crippen LogP contribution in [0.1, 0.15) is 0 Å². The summed E-state index contributed by atoms with van der Waals surface area (Å²) in [5, 5.41) is 13.6. The third-order valence-electron chi connectivity index (χ3n) is 0. The van der Waals surface area contributed by atoms with Gasteiger partial charge in [-0.05, 0) is 0 Å². The molecule has 8 nitrogen and oxygen atoms in total. The number of nitrogens with zero attached hydrogens (tertiary/aromatic N) is 1. The van der Waals surface area contributed by atoms with Crippen LogP contribution in [0.15, 0.2) is 0 Å². The molecular formula is H4Al2NO7P+6. The van der Waals surface area contributed by atoms with E-state index in [9.17, 15) is 0 Å². The van der Waals surface area contributed by atoms with Gasteiger partial charge < -0.3 is 19.9 Å². The summed E-state index contributed by atoms with van der Waals surface area (Å²) in [7, 11) is -4.64. The van der Waals surface area contributed by atoms with Gasteiger partial charge in [-0.3, -0.25) is 0 Å². The van der Waals surface area contributed by atoms with E-state index in [1.165, 1.54) is 0 Å². The van der Waals surface area contributed by atoms with Crippen LogP contribution in [0.4, 0.5) is 0 Å². The minimum atomic E-state index is -4.64. The molecule has 0 aliphatic carbocycles. The van der Waals surface area contributed by atoms with Crippen molar-refractivity contribution in [3.8, 4) is 0 Å². The average Bonchev–Trinajstić information content (AvgIpc) is 1.19. The molecule has 0 aromatic rings. The molecule has 0 radical (unpaired) electrons. The van der Waals surface area contributed by atoms with Crippen molar-refractivity contribution in [2.75, 3.05) is 0 Å². The summed E-state index contributed by atoms with van der Waals surface area (Å²) in [6.07, 6.45) is 0. The number of hydrogen-bond donors (Lipinski definition) is 4. The van der Waals surface area contributed by atoms with E-state index in [1.807, 2.05) is 0 Å². The Morgan fingerprint density at radius 2 is 1.18 bits per heavy atom. The fourth-order valence-electron chi connectivity index (χ4n) is 0. The second-order valence-electron chi connectivity index (χ2n) is 0.751. The molecule has 0 aromatic heterocycles. The van der Waals surface area contributed by atoms with Crippen molar-refractivity contribution in [3.05, 3.63) is 10.1 Å². The molecule has 0 spiro atoms. The Morgan fingerprint density at radius 1 is 1.18 bits per heavy atom. The SMILES string of the molecule is O=P(O)(O)O.O=[N+]([O-])O.[Al+3].[Al+3]. The normalized spacial score (nSPS) is 7.55. The molecular weight excluding hydrogens is 211 g/mol. The summed E-state index contributed by atoms with van der Waals surface area (Å²) >= 11 is 0. The van der Waals surface area contributed by atoms with Gasteiger partial charge in [0.25, 0.3) is 5.09 Å². The van der Waals surface area contributed by atoms with Crippen LogP contribution in [0.2, 0.25) is 0 Å². The first-order chi connectivity index (χ1) is 3.73. The van der Waals surface area contributed by atoms with Gasteiger partial charge in [0, 0.05) is 0 Å². The first kappa shape index (κ1) is 22.5. The summed E-state index contributed by atoms with van der Waals surface area (Å²) in [5.41, 5.74) is 0. The van der Waals surface area contributed by atoms with Gasteiger partial charge in [-0.25, -0.2) is 4.57 Å². The Labute approximate surface area is 82.5 Å². The molecule has 0 fully saturated rings. The van der Waals surface area contributed by atoms with Gasteiger partial charge in [-0.2, -0.15) is 0 Å². The van der Waals surface area contributed by atoms with Crippen LogP contribution < -0.4 is 0 Å². The van der Waals surface area contributed by atoms with Gasteiger partial charge in [-0.15, -0.1) is 10.1 Å². The molecule has 0 aromatic carbocycles. The van der Waals surface area contributed by atoms with Gasteiger partial charge in [0.15, 0.2) is 0 Å². The van der Waals surface area contributed by atoms with Crippen molar-refractivity contribution in [1.82, 2.24) is 0 Å². The third kappa shape index (κ3) is 5180. The zero-order valence-corrected chi connectivity index (χ0v) is 8.27. The molecule has 0 aliphatic rings. The van der Waals surface area contributed by atoms with E-state index >= 15 is 0 Å². The summed E-state index contributed by atoms with van der Waals surface area (Å²) in [6.45, 7) is 0. The first-order valence-corrected chi connectivity index (χ1v) is 2.91. The Kier molecular flexibility index (Phi) is 21.2. The van der Waals surface area contributed by atoms with Crippen molar-refractivity contribution in [2.24, 2.45) is 0 Å². The minimum absolute atomic E-state index is 0. The summed E-state index contributed by atoms with van der Waals surface area (Å²) in [4.78, 5) is 29.9. The molecule has 11 heavy (non-hydrogen) atoms. The molecule has 0 saturated carbocycles. The van der Waals surface area contributed by atoms with Crippen LogP contribution in [-0.2, 0) is 4.57 Å². The van der Waals surface area contributed by atoms with E-state index in [0.717, 1.165) is 0 Å². The van der Waals surface area contributed by atoms with E-state index in [2.05, 4.69) is 0 Å². The van der Waals surface area contributed by atoms with Crippen LogP contribution in [0.3, 0.4) is 0 Å². The Hall–Kier alpha value is 0.375. The zero-order chi connectivity index (χ0) is 8.08. The maximum atomic E-state index is 8.88. The molecule has 11 heteroatoms. The first-order valence-electron chi connectivity index (χ1n) is 1.35. The van der Waals surface area contributed by atoms with Gasteiger partial charge in [0.1, 0.15) is 0 Å². The zero-order valence-electron chi connectivity index (χ0n) is 5.06. The van der Waals surface area contributed by atoms with Crippen LogP contribution >= 0.6 is 7.82 Å².